The molecular weight excluding hydrogens is 262 g/mol. The largest absolute Gasteiger partial charge is 0.316 e. The van der Waals surface area contributed by atoms with Crippen LogP contribution in [0.25, 0.3) is 0 Å². The predicted octanol–water partition coefficient (Wildman–Crippen LogP) is -0.303. The minimum atomic E-state index is 0. The molecule has 4 heteroatoms. The molecule has 0 saturated carbocycles. The van der Waals surface area contributed by atoms with Crippen LogP contribution in [0.2, 0.25) is 0 Å². The number of rotatable bonds is 0. The molecule has 0 N–H and O–H groups in total. The van der Waals surface area contributed by atoms with Crippen molar-refractivity contribution < 1.29 is 34.1 Å². The normalized spacial score (nSPS) is 0. The molecule has 27 valence electrons. The average molecular weight is 265 g/mol. The van der Waals surface area contributed by atoms with Crippen LogP contribution in [0, 0.1) is 0 Å². The van der Waals surface area contributed by atoms with Crippen molar-refractivity contribution in [2.75, 3.05) is 0 Å². The van der Waals surface area contributed by atoms with Gasteiger partial charge in [0.1, 0.15) is 0 Å². The molecule has 0 amide bonds. The SMILES string of the molecule is I.[Fe].[MgH2].[Mn]. The van der Waals surface area contributed by atoms with E-state index in [4.69, 9.17) is 0 Å². The molecule has 0 spiro atoms. The van der Waals surface area contributed by atoms with Gasteiger partial charge in [-0.05, 0) is 0 Å². The third-order valence-electron chi connectivity index (χ3n) is 0. The van der Waals surface area contributed by atoms with Gasteiger partial charge in [0, 0.05) is 34.1 Å². The molecule has 0 aromatic carbocycles. The Balaban J connectivity index is 0. The Morgan fingerprint density at radius 3 is 1.00 bits per heavy atom. The van der Waals surface area contributed by atoms with E-state index in [-0.39, 0.29) is 81.2 Å². The van der Waals surface area contributed by atoms with E-state index in [9.17, 15) is 0 Å². The molecule has 0 aliphatic heterocycles. The van der Waals surface area contributed by atoms with Gasteiger partial charge in [-0.1, -0.05) is 0 Å². The van der Waals surface area contributed by atoms with Gasteiger partial charge >= 0.3 is 23.1 Å². The molecule has 0 heterocycles. The number of hydrogen-bond donors (Lipinski definition) is 0. The maximum Gasteiger partial charge on any atom is 0.316 e. The van der Waals surface area contributed by atoms with Crippen molar-refractivity contribution in [2.24, 2.45) is 0 Å². The van der Waals surface area contributed by atoms with Crippen molar-refractivity contribution in [3.63, 3.8) is 0 Å². The summed E-state index contributed by atoms with van der Waals surface area (Å²) in [5, 5.41) is 0. The Morgan fingerprint density at radius 1 is 1.00 bits per heavy atom. The molecule has 0 nitrogen and oxygen atoms in total. The second-order valence-corrected chi connectivity index (χ2v) is 0. The third kappa shape index (κ3) is 8.82. The molecular formula is H3FeIMgMn. The van der Waals surface area contributed by atoms with Crippen LogP contribution in [-0.2, 0) is 34.1 Å². The maximum absolute atomic E-state index is 0. The Labute approximate surface area is 80.0 Å². The molecule has 0 aliphatic carbocycles. The number of hydrogen-bond acceptors (Lipinski definition) is 0. The topological polar surface area (TPSA) is 0 Å². The maximum atomic E-state index is 0. The van der Waals surface area contributed by atoms with E-state index in [0.717, 1.165) is 0 Å². The first kappa shape index (κ1) is 31.2. The standard InChI is InChI=1S/Fe.HI.Mg.Mn.2H/h;1H;;;;. The molecule has 0 unspecified atom stereocenters. The van der Waals surface area contributed by atoms with Crippen LogP contribution < -0.4 is 0 Å². The van der Waals surface area contributed by atoms with Gasteiger partial charge in [-0.2, -0.15) is 0 Å². The van der Waals surface area contributed by atoms with Crippen LogP contribution in [0.4, 0.5) is 0 Å². The van der Waals surface area contributed by atoms with E-state index >= 15 is 0 Å². The average Bonchev–Trinajstić information content (AvgIpc) is 0. The molecule has 0 aromatic rings. The zero-order chi connectivity index (χ0) is 0. The first-order chi connectivity index (χ1) is 0. The summed E-state index contributed by atoms with van der Waals surface area (Å²) in [6.07, 6.45) is 0. The molecule has 0 rings (SSSR count). The molecule has 0 saturated heterocycles. The summed E-state index contributed by atoms with van der Waals surface area (Å²) in [7, 11) is 0. The summed E-state index contributed by atoms with van der Waals surface area (Å²) in [6, 6.07) is 0. The first-order valence-corrected chi connectivity index (χ1v) is 0. The van der Waals surface area contributed by atoms with Crippen LogP contribution in [0.1, 0.15) is 0 Å². The van der Waals surface area contributed by atoms with Crippen LogP contribution in [0.5, 0.6) is 0 Å². The number of halogens is 1. The molecule has 4 heavy (non-hydrogen) atoms. The van der Waals surface area contributed by atoms with Crippen LogP contribution in [-0.4, -0.2) is 23.1 Å². The van der Waals surface area contributed by atoms with Crippen LogP contribution >= 0.6 is 24.0 Å². The van der Waals surface area contributed by atoms with Gasteiger partial charge in [-0.25, -0.2) is 0 Å². The van der Waals surface area contributed by atoms with Crippen molar-refractivity contribution in [3.05, 3.63) is 0 Å². The Kier molecular flexibility index (Phi) is 138. The van der Waals surface area contributed by atoms with Crippen LogP contribution in [0.3, 0.4) is 0 Å². The molecule has 1 radical (unpaired) electrons. The monoisotopic (exact) mass is 265 g/mol. The van der Waals surface area contributed by atoms with E-state index in [2.05, 4.69) is 0 Å². The van der Waals surface area contributed by atoms with Gasteiger partial charge in [0.2, 0.25) is 0 Å². The molecule has 0 bridgehead atoms. The van der Waals surface area contributed by atoms with Crippen molar-refractivity contribution in [3.8, 4) is 0 Å². The molecule has 0 fully saturated rings. The van der Waals surface area contributed by atoms with Gasteiger partial charge in [0.05, 0.1) is 0 Å². The molecule has 0 aliphatic rings. The van der Waals surface area contributed by atoms with Crippen molar-refractivity contribution in [1.82, 2.24) is 0 Å². The quantitative estimate of drug-likeness (QED) is 0.416. The van der Waals surface area contributed by atoms with E-state index in [0.29, 0.717) is 0 Å². The fourth-order valence-electron chi connectivity index (χ4n) is 0. The van der Waals surface area contributed by atoms with Crippen molar-refractivity contribution >= 4 is 47.0 Å². The summed E-state index contributed by atoms with van der Waals surface area (Å²) in [5.41, 5.74) is 0. The predicted molar refractivity (Wildman–Crippen MR) is 24.0 cm³/mol. The van der Waals surface area contributed by atoms with Gasteiger partial charge in [-0.15, -0.1) is 24.0 Å². The van der Waals surface area contributed by atoms with E-state index in [1.165, 1.54) is 0 Å². The fraction of sp³-hybridized carbons (Fsp3) is 0. The van der Waals surface area contributed by atoms with Gasteiger partial charge < -0.3 is 0 Å². The third-order valence-corrected chi connectivity index (χ3v) is 0. The Hall–Kier alpha value is 2.54. The second-order valence-electron chi connectivity index (χ2n) is 0. The van der Waals surface area contributed by atoms with E-state index < -0.39 is 0 Å². The summed E-state index contributed by atoms with van der Waals surface area (Å²) in [5.74, 6) is 0. The smallest absolute Gasteiger partial charge is 0.107 e. The molecule has 0 aromatic heterocycles. The summed E-state index contributed by atoms with van der Waals surface area (Å²) >= 11 is 0. The summed E-state index contributed by atoms with van der Waals surface area (Å²) < 4.78 is 0. The van der Waals surface area contributed by atoms with Gasteiger partial charge in [0.25, 0.3) is 0 Å². The minimum absolute atomic E-state index is 0. The fourth-order valence-corrected chi connectivity index (χ4v) is 0. The van der Waals surface area contributed by atoms with Crippen molar-refractivity contribution in [1.29, 1.82) is 0 Å². The summed E-state index contributed by atoms with van der Waals surface area (Å²) in [4.78, 5) is 0. The Bertz CT molecular complexity index is 8.00. The second kappa shape index (κ2) is 17.7. The molecule has 0 atom stereocenters. The van der Waals surface area contributed by atoms with Crippen LogP contribution in [0.15, 0.2) is 0 Å². The zero-order valence-corrected chi connectivity index (χ0v) is 5.75. The van der Waals surface area contributed by atoms with Gasteiger partial charge in [-0.3, -0.25) is 0 Å². The van der Waals surface area contributed by atoms with Gasteiger partial charge in [0.15, 0.2) is 0 Å². The van der Waals surface area contributed by atoms with Crippen molar-refractivity contribution in [2.45, 2.75) is 0 Å². The minimum Gasteiger partial charge on any atom is -0.107 e. The Morgan fingerprint density at radius 2 is 1.00 bits per heavy atom. The zero-order valence-electron chi connectivity index (χ0n) is 1.14. The van der Waals surface area contributed by atoms with E-state index in [1.54, 1.807) is 0 Å². The summed E-state index contributed by atoms with van der Waals surface area (Å²) in [6.45, 7) is 0. The van der Waals surface area contributed by atoms with E-state index in [1.807, 2.05) is 0 Å². The first-order valence-electron chi connectivity index (χ1n) is 0.